The van der Waals surface area contributed by atoms with Gasteiger partial charge in [0.05, 0.1) is 12.5 Å². The van der Waals surface area contributed by atoms with Gasteiger partial charge in [0, 0.05) is 26.1 Å². The third-order valence-electron chi connectivity index (χ3n) is 4.24. The van der Waals surface area contributed by atoms with Crippen molar-refractivity contribution in [2.45, 2.75) is 45.6 Å². The lowest BCUT2D eigenvalue weighted by atomic mass is 9.91. The first-order chi connectivity index (χ1) is 9.96. The Morgan fingerprint density at radius 2 is 1.86 bits per heavy atom. The molecule has 1 fully saturated rings. The van der Waals surface area contributed by atoms with Crippen LogP contribution in [-0.4, -0.2) is 24.7 Å². The van der Waals surface area contributed by atoms with Crippen LogP contribution in [0.2, 0.25) is 0 Å². The molecule has 0 saturated carbocycles. The number of carbonyl (C=O) groups is 1. The minimum Gasteiger partial charge on any atom is -0.381 e. The van der Waals surface area contributed by atoms with Gasteiger partial charge >= 0.3 is 0 Å². The first-order valence-corrected chi connectivity index (χ1v) is 7.32. The van der Waals surface area contributed by atoms with Crippen LogP contribution in [0, 0.1) is 32.1 Å². The predicted octanol–water partition coefficient (Wildman–Crippen LogP) is 2.34. The van der Waals surface area contributed by atoms with Gasteiger partial charge in [0.25, 0.3) is 0 Å². The Bertz CT molecular complexity index is 581. The predicted molar refractivity (Wildman–Crippen MR) is 80.9 cm³/mol. The summed E-state index contributed by atoms with van der Waals surface area (Å²) < 4.78 is 5.27. The molecule has 2 rings (SSSR count). The minimum atomic E-state index is -0.761. The van der Waals surface area contributed by atoms with Crippen LogP contribution in [-0.2, 0) is 16.0 Å². The van der Waals surface area contributed by atoms with Crippen molar-refractivity contribution in [3.05, 3.63) is 34.4 Å². The molecule has 1 aromatic rings. The molecule has 1 aliphatic rings. The minimum absolute atomic E-state index is 0.0928. The summed E-state index contributed by atoms with van der Waals surface area (Å²) in [6, 6.07) is 6.42. The van der Waals surface area contributed by atoms with E-state index in [1.807, 2.05) is 13.8 Å². The van der Waals surface area contributed by atoms with Crippen molar-refractivity contribution in [1.82, 2.24) is 5.32 Å². The van der Waals surface area contributed by atoms with Crippen molar-refractivity contribution >= 4 is 5.91 Å². The number of rotatable bonds is 3. The molecule has 1 aromatic carbocycles. The van der Waals surface area contributed by atoms with Gasteiger partial charge in [-0.05, 0) is 43.0 Å². The molecular weight excluding hydrogens is 264 g/mol. The number of hydrogen-bond acceptors (Lipinski definition) is 3. The second-order valence-corrected chi connectivity index (χ2v) is 5.89. The summed E-state index contributed by atoms with van der Waals surface area (Å²) in [4.78, 5) is 12.3. The number of aryl methyl sites for hydroxylation is 3. The van der Waals surface area contributed by atoms with E-state index in [2.05, 4.69) is 30.4 Å². The summed E-state index contributed by atoms with van der Waals surface area (Å²) >= 11 is 0. The summed E-state index contributed by atoms with van der Waals surface area (Å²) in [7, 11) is 0. The van der Waals surface area contributed by atoms with Gasteiger partial charge in [0.1, 0.15) is 5.54 Å². The molecule has 1 amide bonds. The Balaban J connectivity index is 2.08. The van der Waals surface area contributed by atoms with Gasteiger partial charge in [-0.15, -0.1) is 0 Å². The van der Waals surface area contributed by atoms with E-state index in [-0.39, 0.29) is 5.91 Å². The summed E-state index contributed by atoms with van der Waals surface area (Å²) in [6.45, 7) is 7.18. The highest BCUT2D eigenvalue weighted by Gasteiger charge is 2.34. The molecule has 0 aromatic heterocycles. The topological polar surface area (TPSA) is 62.1 Å². The van der Waals surface area contributed by atoms with E-state index in [1.54, 1.807) is 0 Å². The fourth-order valence-electron chi connectivity index (χ4n) is 2.68. The Morgan fingerprint density at radius 3 is 2.48 bits per heavy atom. The molecular formula is C17H22N2O2. The van der Waals surface area contributed by atoms with E-state index >= 15 is 0 Å². The lowest BCUT2D eigenvalue weighted by Gasteiger charge is -2.31. The number of benzene rings is 1. The second kappa shape index (κ2) is 6.28. The van der Waals surface area contributed by atoms with E-state index in [1.165, 1.54) is 11.1 Å². The number of nitrogens with zero attached hydrogens (tertiary/aromatic N) is 1. The standard InChI is InChI=1S/C17H22N2O2/c1-12-8-14(3)15(9-13(12)2)10-16(20)19-17(11-18)4-6-21-7-5-17/h8-9H,4-7,10H2,1-3H3,(H,19,20). The van der Waals surface area contributed by atoms with E-state index < -0.39 is 5.54 Å². The van der Waals surface area contributed by atoms with Crippen molar-refractivity contribution in [2.24, 2.45) is 0 Å². The number of ether oxygens (including phenoxy) is 1. The van der Waals surface area contributed by atoms with Crippen LogP contribution in [0.15, 0.2) is 12.1 Å². The van der Waals surface area contributed by atoms with Crippen LogP contribution in [0.3, 0.4) is 0 Å². The summed E-state index contributed by atoms with van der Waals surface area (Å²) in [6.07, 6.45) is 1.43. The summed E-state index contributed by atoms with van der Waals surface area (Å²) in [5, 5.41) is 12.3. The number of nitrogens with one attached hydrogen (secondary N) is 1. The maximum atomic E-state index is 12.3. The SMILES string of the molecule is Cc1cc(C)c(CC(=O)NC2(C#N)CCOCC2)cc1C. The van der Waals surface area contributed by atoms with Crippen LogP contribution in [0.5, 0.6) is 0 Å². The van der Waals surface area contributed by atoms with E-state index in [0.29, 0.717) is 32.5 Å². The molecule has 112 valence electrons. The zero-order chi connectivity index (χ0) is 15.5. The third kappa shape index (κ3) is 3.62. The third-order valence-corrected chi connectivity index (χ3v) is 4.24. The fourth-order valence-corrected chi connectivity index (χ4v) is 2.68. The van der Waals surface area contributed by atoms with Crippen molar-refractivity contribution in [3.8, 4) is 6.07 Å². The van der Waals surface area contributed by atoms with Crippen molar-refractivity contribution in [1.29, 1.82) is 5.26 Å². The first-order valence-electron chi connectivity index (χ1n) is 7.32. The lowest BCUT2D eigenvalue weighted by Crippen LogP contribution is -2.51. The zero-order valence-electron chi connectivity index (χ0n) is 13.0. The molecule has 0 unspecified atom stereocenters. The van der Waals surface area contributed by atoms with Crippen LogP contribution in [0.25, 0.3) is 0 Å². The van der Waals surface area contributed by atoms with Gasteiger partial charge in [0.15, 0.2) is 0 Å². The maximum Gasteiger partial charge on any atom is 0.225 e. The normalized spacial score (nSPS) is 17.0. The first kappa shape index (κ1) is 15.5. The molecule has 1 aliphatic heterocycles. The molecule has 1 saturated heterocycles. The van der Waals surface area contributed by atoms with Gasteiger partial charge < -0.3 is 10.1 Å². The van der Waals surface area contributed by atoms with Gasteiger partial charge in [-0.25, -0.2) is 0 Å². The molecule has 0 bridgehead atoms. The van der Waals surface area contributed by atoms with Crippen molar-refractivity contribution < 1.29 is 9.53 Å². The maximum absolute atomic E-state index is 12.3. The van der Waals surface area contributed by atoms with Crippen LogP contribution < -0.4 is 5.32 Å². The Kier molecular flexibility index (Phi) is 4.64. The largest absolute Gasteiger partial charge is 0.381 e. The number of nitriles is 1. The van der Waals surface area contributed by atoms with Gasteiger partial charge in [-0.2, -0.15) is 5.26 Å². The van der Waals surface area contributed by atoms with Gasteiger partial charge in [-0.3, -0.25) is 4.79 Å². The van der Waals surface area contributed by atoms with Gasteiger partial charge in [0.2, 0.25) is 5.91 Å². The van der Waals surface area contributed by atoms with Crippen LogP contribution >= 0.6 is 0 Å². The number of amides is 1. The lowest BCUT2D eigenvalue weighted by molar-refractivity contribution is -0.122. The molecule has 0 radical (unpaired) electrons. The molecule has 1 heterocycles. The Labute approximate surface area is 126 Å². The Morgan fingerprint density at radius 1 is 1.24 bits per heavy atom. The van der Waals surface area contributed by atoms with E-state index in [4.69, 9.17) is 4.74 Å². The fraction of sp³-hybridized carbons (Fsp3) is 0.529. The summed E-state index contributed by atoms with van der Waals surface area (Å²) in [5.41, 5.74) is 3.80. The molecule has 4 nitrogen and oxygen atoms in total. The average Bonchev–Trinajstić information content (AvgIpc) is 2.45. The van der Waals surface area contributed by atoms with Crippen LogP contribution in [0.4, 0.5) is 0 Å². The van der Waals surface area contributed by atoms with Crippen molar-refractivity contribution in [2.75, 3.05) is 13.2 Å². The Hall–Kier alpha value is -1.86. The van der Waals surface area contributed by atoms with E-state index in [0.717, 1.165) is 11.1 Å². The molecule has 0 atom stereocenters. The quantitative estimate of drug-likeness (QED) is 0.927. The monoisotopic (exact) mass is 286 g/mol. The van der Waals surface area contributed by atoms with Crippen molar-refractivity contribution in [3.63, 3.8) is 0 Å². The number of carbonyl (C=O) groups excluding carboxylic acids is 1. The molecule has 0 spiro atoms. The smallest absolute Gasteiger partial charge is 0.225 e. The zero-order valence-corrected chi connectivity index (χ0v) is 13.0. The molecule has 4 heteroatoms. The molecule has 1 N–H and O–H groups in total. The second-order valence-electron chi connectivity index (χ2n) is 5.89. The van der Waals surface area contributed by atoms with Crippen LogP contribution in [0.1, 0.15) is 35.1 Å². The van der Waals surface area contributed by atoms with E-state index in [9.17, 15) is 10.1 Å². The highest BCUT2D eigenvalue weighted by atomic mass is 16.5. The molecule has 21 heavy (non-hydrogen) atoms. The van der Waals surface area contributed by atoms with Gasteiger partial charge in [-0.1, -0.05) is 12.1 Å². The molecule has 0 aliphatic carbocycles. The highest BCUT2D eigenvalue weighted by Crippen LogP contribution is 2.21. The average molecular weight is 286 g/mol. The number of hydrogen-bond donors (Lipinski definition) is 1. The summed E-state index contributed by atoms with van der Waals surface area (Å²) in [5.74, 6) is -0.0928. The highest BCUT2D eigenvalue weighted by molar-refractivity contribution is 5.80.